The van der Waals surface area contributed by atoms with E-state index in [2.05, 4.69) is 41.5 Å². The zero-order valence-corrected chi connectivity index (χ0v) is 15.8. The van der Waals surface area contributed by atoms with Gasteiger partial charge in [-0.15, -0.1) is 5.10 Å². The molecule has 6 nitrogen and oxygen atoms in total. The number of aromatic nitrogens is 4. The van der Waals surface area contributed by atoms with Crippen LogP contribution in [0.25, 0.3) is 5.69 Å². The molecule has 0 saturated carbocycles. The lowest BCUT2D eigenvalue weighted by atomic mass is 10.1. The molecule has 25 heavy (non-hydrogen) atoms. The molecule has 0 N–H and O–H groups in total. The predicted molar refractivity (Wildman–Crippen MR) is 99.0 cm³/mol. The summed E-state index contributed by atoms with van der Waals surface area (Å²) in [4.78, 5) is 14.5. The Labute approximate surface area is 153 Å². The van der Waals surface area contributed by atoms with Gasteiger partial charge in [-0.1, -0.05) is 37.1 Å². The first-order valence-corrected chi connectivity index (χ1v) is 9.90. The van der Waals surface area contributed by atoms with E-state index in [4.69, 9.17) is 0 Å². The third kappa shape index (κ3) is 4.60. The molecule has 2 heterocycles. The molecule has 0 radical (unpaired) electrons. The highest BCUT2D eigenvalue weighted by Gasteiger charge is 2.17. The van der Waals surface area contributed by atoms with Gasteiger partial charge >= 0.3 is 0 Å². The molecular formula is C18H25N5OS. The Kier molecular flexibility index (Phi) is 6.07. The van der Waals surface area contributed by atoms with E-state index in [0.29, 0.717) is 10.9 Å². The van der Waals surface area contributed by atoms with Gasteiger partial charge in [0, 0.05) is 13.1 Å². The number of carbonyl (C=O) groups is 1. The quantitative estimate of drug-likeness (QED) is 0.785. The fraction of sp³-hybridized carbons (Fsp3) is 0.556. The van der Waals surface area contributed by atoms with E-state index in [1.54, 1.807) is 4.68 Å². The predicted octanol–water partition coefficient (Wildman–Crippen LogP) is 3.16. The summed E-state index contributed by atoms with van der Waals surface area (Å²) in [5.41, 5.74) is 3.35. The van der Waals surface area contributed by atoms with Crippen molar-refractivity contribution >= 4 is 17.7 Å². The zero-order valence-electron chi connectivity index (χ0n) is 14.9. The van der Waals surface area contributed by atoms with E-state index in [0.717, 1.165) is 31.6 Å². The van der Waals surface area contributed by atoms with Gasteiger partial charge < -0.3 is 4.90 Å². The van der Waals surface area contributed by atoms with Gasteiger partial charge in [0.05, 0.1) is 11.4 Å². The van der Waals surface area contributed by atoms with Crippen molar-refractivity contribution in [2.24, 2.45) is 0 Å². The van der Waals surface area contributed by atoms with Gasteiger partial charge in [0.1, 0.15) is 0 Å². The van der Waals surface area contributed by atoms with E-state index < -0.39 is 0 Å². The minimum atomic E-state index is 0.182. The van der Waals surface area contributed by atoms with Crippen LogP contribution in [-0.2, 0) is 4.79 Å². The number of amides is 1. The molecule has 1 saturated heterocycles. The smallest absolute Gasteiger partial charge is 0.233 e. The van der Waals surface area contributed by atoms with Crippen molar-refractivity contribution in [1.82, 2.24) is 25.1 Å². The summed E-state index contributed by atoms with van der Waals surface area (Å²) in [6.45, 7) is 5.90. The normalized spacial score (nSPS) is 15.7. The molecule has 0 unspecified atom stereocenters. The van der Waals surface area contributed by atoms with Crippen molar-refractivity contribution in [2.75, 3.05) is 18.8 Å². The molecular weight excluding hydrogens is 334 g/mol. The van der Waals surface area contributed by atoms with Crippen LogP contribution in [0.4, 0.5) is 0 Å². The minimum Gasteiger partial charge on any atom is -0.342 e. The number of benzene rings is 1. The Morgan fingerprint density at radius 2 is 1.80 bits per heavy atom. The standard InChI is InChI=1S/C18H25N5OS/c1-14-8-9-16(12-15(14)2)23-18(19-20-21-23)25-13-17(24)22-10-6-4-3-5-7-11-22/h8-9,12H,3-7,10-11,13H2,1-2H3. The molecule has 1 aromatic heterocycles. The second kappa shape index (κ2) is 8.47. The van der Waals surface area contributed by atoms with Crippen LogP contribution >= 0.6 is 11.8 Å². The Morgan fingerprint density at radius 1 is 1.08 bits per heavy atom. The van der Waals surface area contributed by atoms with Crippen LogP contribution in [0.2, 0.25) is 0 Å². The number of likely N-dealkylation sites (tertiary alicyclic amines) is 1. The first-order chi connectivity index (χ1) is 12.1. The Hall–Kier alpha value is -1.89. The lowest BCUT2D eigenvalue weighted by molar-refractivity contribution is -0.128. The molecule has 7 heteroatoms. The minimum absolute atomic E-state index is 0.182. The molecule has 1 aromatic carbocycles. The molecule has 1 aliphatic heterocycles. The third-order valence-corrected chi connectivity index (χ3v) is 5.61. The fourth-order valence-corrected chi connectivity index (χ4v) is 3.80. The Balaban J connectivity index is 1.64. The molecule has 1 amide bonds. The zero-order chi connectivity index (χ0) is 17.6. The lowest BCUT2D eigenvalue weighted by Gasteiger charge is -2.24. The molecule has 1 aliphatic rings. The van der Waals surface area contributed by atoms with Crippen LogP contribution in [0.5, 0.6) is 0 Å². The van der Waals surface area contributed by atoms with Crippen LogP contribution in [0.3, 0.4) is 0 Å². The monoisotopic (exact) mass is 359 g/mol. The maximum Gasteiger partial charge on any atom is 0.233 e. The van der Waals surface area contributed by atoms with Crippen LogP contribution in [0.1, 0.15) is 43.2 Å². The number of hydrogen-bond acceptors (Lipinski definition) is 5. The maximum atomic E-state index is 12.5. The number of hydrogen-bond donors (Lipinski definition) is 0. The second-order valence-corrected chi connectivity index (χ2v) is 7.52. The average molecular weight is 359 g/mol. The Bertz CT molecular complexity index is 722. The molecule has 0 atom stereocenters. The van der Waals surface area contributed by atoms with E-state index in [1.807, 2.05) is 11.0 Å². The maximum absolute atomic E-state index is 12.5. The summed E-state index contributed by atoms with van der Waals surface area (Å²) in [5, 5.41) is 12.6. The first-order valence-electron chi connectivity index (χ1n) is 8.92. The van der Waals surface area contributed by atoms with E-state index in [9.17, 15) is 4.79 Å². The van der Waals surface area contributed by atoms with E-state index in [1.165, 1.54) is 42.2 Å². The highest BCUT2D eigenvalue weighted by Crippen LogP contribution is 2.21. The van der Waals surface area contributed by atoms with Gasteiger partial charge in [0.2, 0.25) is 11.1 Å². The summed E-state index contributed by atoms with van der Waals surface area (Å²) >= 11 is 1.41. The van der Waals surface area contributed by atoms with Crippen molar-refractivity contribution in [2.45, 2.75) is 51.1 Å². The number of rotatable bonds is 4. The van der Waals surface area contributed by atoms with Gasteiger partial charge in [-0.2, -0.15) is 4.68 Å². The number of tetrazole rings is 1. The van der Waals surface area contributed by atoms with Crippen LogP contribution in [0.15, 0.2) is 23.4 Å². The highest BCUT2D eigenvalue weighted by molar-refractivity contribution is 7.99. The molecule has 3 rings (SSSR count). The van der Waals surface area contributed by atoms with E-state index in [-0.39, 0.29) is 5.91 Å². The highest BCUT2D eigenvalue weighted by atomic mass is 32.2. The van der Waals surface area contributed by atoms with Crippen molar-refractivity contribution in [3.05, 3.63) is 29.3 Å². The topological polar surface area (TPSA) is 63.9 Å². The Morgan fingerprint density at radius 3 is 2.52 bits per heavy atom. The molecule has 0 spiro atoms. The average Bonchev–Trinajstić information content (AvgIpc) is 3.03. The number of aryl methyl sites for hydroxylation is 2. The summed E-state index contributed by atoms with van der Waals surface area (Å²) in [6.07, 6.45) is 5.96. The first kappa shape index (κ1) is 17.9. The SMILES string of the molecule is Cc1ccc(-n2nnnc2SCC(=O)N2CCCCCCC2)cc1C. The fourth-order valence-electron chi connectivity index (χ4n) is 3.00. The molecule has 134 valence electrons. The van der Waals surface area contributed by atoms with E-state index >= 15 is 0 Å². The van der Waals surface area contributed by atoms with Crippen LogP contribution in [0, 0.1) is 13.8 Å². The number of thioether (sulfide) groups is 1. The molecule has 2 aromatic rings. The molecule has 1 fully saturated rings. The second-order valence-electron chi connectivity index (χ2n) is 6.58. The van der Waals surface area contributed by atoms with Crippen LogP contribution in [-0.4, -0.2) is 49.9 Å². The van der Waals surface area contributed by atoms with Crippen molar-refractivity contribution in [3.8, 4) is 5.69 Å². The molecule has 0 bridgehead atoms. The largest absolute Gasteiger partial charge is 0.342 e. The number of nitrogens with zero attached hydrogens (tertiary/aromatic N) is 5. The van der Waals surface area contributed by atoms with Gasteiger partial charge in [-0.25, -0.2) is 0 Å². The van der Waals surface area contributed by atoms with Crippen molar-refractivity contribution in [3.63, 3.8) is 0 Å². The van der Waals surface area contributed by atoms with Crippen molar-refractivity contribution in [1.29, 1.82) is 0 Å². The van der Waals surface area contributed by atoms with Gasteiger partial charge in [-0.05, 0) is 60.4 Å². The third-order valence-electron chi connectivity index (χ3n) is 4.71. The van der Waals surface area contributed by atoms with Gasteiger partial charge in [0.15, 0.2) is 0 Å². The number of carbonyl (C=O) groups excluding carboxylic acids is 1. The molecule has 0 aliphatic carbocycles. The summed E-state index contributed by atoms with van der Waals surface area (Å²) < 4.78 is 1.71. The van der Waals surface area contributed by atoms with Gasteiger partial charge in [-0.3, -0.25) is 4.79 Å². The van der Waals surface area contributed by atoms with Crippen molar-refractivity contribution < 1.29 is 4.79 Å². The summed E-state index contributed by atoms with van der Waals surface area (Å²) in [6, 6.07) is 6.13. The summed E-state index contributed by atoms with van der Waals surface area (Å²) in [7, 11) is 0. The summed E-state index contributed by atoms with van der Waals surface area (Å²) in [5.74, 6) is 0.562. The lowest BCUT2D eigenvalue weighted by Crippen LogP contribution is -2.35. The van der Waals surface area contributed by atoms with Gasteiger partial charge in [0.25, 0.3) is 0 Å². The van der Waals surface area contributed by atoms with Crippen LogP contribution < -0.4 is 0 Å².